The summed E-state index contributed by atoms with van der Waals surface area (Å²) in [7, 11) is 0. The van der Waals surface area contributed by atoms with Gasteiger partial charge in [0.25, 0.3) is 5.56 Å². The Balaban J connectivity index is 1.67. The Bertz CT molecular complexity index is 1210. The lowest BCUT2D eigenvalue weighted by atomic mass is 10.0. The first-order valence-electron chi connectivity index (χ1n) is 9.49. The zero-order valence-electron chi connectivity index (χ0n) is 16.1. The maximum absolute atomic E-state index is 12.9. The van der Waals surface area contributed by atoms with Crippen LogP contribution in [-0.2, 0) is 17.9 Å². The number of aromatic nitrogens is 2. The summed E-state index contributed by atoms with van der Waals surface area (Å²) in [5, 5.41) is 8.72. The zero-order valence-corrected chi connectivity index (χ0v) is 16.1. The van der Waals surface area contributed by atoms with Crippen LogP contribution in [0, 0.1) is 6.92 Å². The number of nitrogens with zero attached hydrogens (tertiary/aromatic N) is 2. The van der Waals surface area contributed by atoms with Gasteiger partial charge in [-0.1, -0.05) is 78.4 Å². The maximum atomic E-state index is 12.9. The lowest BCUT2D eigenvalue weighted by molar-refractivity contribution is -0.122. The van der Waals surface area contributed by atoms with Crippen molar-refractivity contribution < 1.29 is 4.79 Å². The highest BCUT2D eigenvalue weighted by Crippen LogP contribution is 2.24. The highest BCUT2D eigenvalue weighted by atomic mass is 16.2. The van der Waals surface area contributed by atoms with Crippen molar-refractivity contribution in [3.63, 3.8) is 0 Å². The first-order valence-corrected chi connectivity index (χ1v) is 9.49. The quantitative estimate of drug-likeness (QED) is 0.572. The summed E-state index contributed by atoms with van der Waals surface area (Å²) >= 11 is 0. The van der Waals surface area contributed by atoms with Crippen LogP contribution in [0.3, 0.4) is 0 Å². The van der Waals surface area contributed by atoms with Gasteiger partial charge in [0.05, 0.1) is 11.1 Å². The summed E-state index contributed by atoms with van der Waals surface area (Å²) in [6, 6.07) is 25.0. The summed E-state index contributed by atoms with van der Waals surface area (Å²) in [6.45, 7) is 2.30. The molecule has 1 aromatic heterocycles. The Morgan fingerprint density at radius 1 is 0.897 bits per heavy atom. The average molecular weight is 383 g/mol. The molecule has 0 saturated heterocycles. The van der Waals surface area contributed by atoms with Crippen LogP contribution in [0.1, 0.15) is 11.1 Å². The molecular formula is C24H21N3O2. The minimum Gasteiger partial charge on any atom is -0.350 e. The fourth-order valence-electron chi connectivity index (χ4n) is 3.26. The zero-order chi connectivity index (χ0) is 20.2. The number of nitrogens with one attached hydrogen (secondary N) is 1. The van der Waals surface area contributed by atoms with Gasteiger partial charge in [-0.05, 0) is 18.6 Å². The molecule has 0 spiro atoms. The van der Waals surface area contributed by atoms with Crippen molar-refractivity contribution in [1.82, 2.24) is 15.1 Å². The van der Waals surface area contributed by atoms with Crippen LogP contribution in [0.5, 0.6) is 0 Å². The van der Waals surface area contributed by atoms with Gasteiger partial charge in [0, 0.05) is 17.5 Å². The maximum Gasteiger partial charge on any atom is 0.275 e. The number of aryl methyl sites for hydroxylation is 1. The number of hydrogen-bond donors (Lipinski definition) is 1. The molecule has 4 rings (SSSR count). The number of amides is 1. The summed E-state index contributed by atoms with van der Waals surface area (Å²) in [6.07, 6.45) is 0. The molecule has 0 atom stereocenters. The van der Waals surface area contributed by atoms with Gasteiger partial charge in [0.1, 0.15) is 6.54 Å². The molecular weight excluding hydrogens is 362 g/mol. The van der Waals surface area contributed by atoms with Crippen molar-refractivity contribution in [2.24, 2.45) is 0 Å². The van der Waals surface area contributed by atoms with Crippen LogP contribution in [-0.4, -0.2) is 15.7 Å². The number of carbonyl (C=O) groups is 1. The lowest BCUT2D eigenvalue weighted by Crippen LogP contribution is -2.33. The minimum atomic E-state index is -0.272. The fraction of sp³-hybridized carbons (Fsp3) is 0.125. The van der Waals surface area contributed by atoms with Gasteiger partial charge in [-0.2, -0.15) is 5.10 Å². The largest absolute Gasteiger partial charge is 0.350 e. The van der Waals surface area contributed by atoms with E-state index in [-0.39, 0.29) is 18.0 Å². The molecule has 1 heterocycles. The average Bonchev–Trinajstić information content (AvgIpc) is 2.76. The van der Waals surface area contributed by atoms with E-state index in [1.54, 1.807) is 6.07 Å². The van der Waals surface area contributed by atoms with Gasteiger partial charge in [-0.25, -0.2) is 4.68 Å². The number of fused-ring (bicyclic) bond motifs is 1. The van der Waals surface area contributed by atoms with Crippen LogP contribution in [0.2, 0.25) is 0 Å². The van der Waals surface area contributed by atoms with Crippen molar-refractivity contribution >= 4 is 16.7 Å². The van der Waals surface area contributed by atoms with Crippen LogP contribution >= 0.6 is 0 Å². The molecule has 0 bridgehead atoms. The number of carbonyl (C=O) groups excluding carboxylic acids is 1. The van der Waals surface area contributed by atoms with E-state index in [4.69, 9.17) is 0 Å². The van der Waals surface area contributed by atoms with E-state index in [1.807, 2.05) is 79.7 Å². The molecule has 144 valence electrons. The van der Waals surface area contributed by atoms with Gasteiger partial charge < -0.3 is 5.32 Å². The van der Waals surface area contributed by atoms with Crippen LogP contribution < -0.4 is 10.9 Å². The van der Waals surface area contributed by atoms with Crippen molar-refractivity contribution in [1.29, 1.82) is 0 Å². The van der Waals surface area contributed by atoms with Gasteiger partial charge in [-0.3, -0.25) is 9.59 Å². The smallest absolute Gasteiger partial charge is 0.275 e. The van der Waals surface area contributed by atoms with E-state index < -0.39 is 0 Å². The third kappa shape index (κ3) is 4.09. The summed E-state index contributed by atoms with van der Waals surface area (Å²) in [5.74, 6) is -0.256. The standard InChI is InChI=1S/C24H21N3O2/c1-17-11-13-19(14-12-17)23-20-9-5-6-10-21(20)24(29)27(26-23)16-22(28)25-15-18-7-3-2-4-8-18/h2-14H,15-16H2,1H3,(H,25,28). The van der Waals surface area contributed by atoms with Gasteiger partial charge in [-0.15, -0.1) is 0 Å². The molecule has 0 saturated carbocycles. The molecule has 0 unspecified atom stereocenters. The van der Waals surface area contributed by atoms with Crippen LogP contribution in [0.15, 0.2) is 83.7 Å². The number of hydrogen-bond acceptors (Lipinski definition) is 3. The minimum absolute atomic E-state index is 0.130. The predicted octanol–water partition coefficient (Wildman–Crippen LogP) is 3.69. The topological polar surface area (TPSA) is 64.0 Å². The molecule has 4 aromatic rings. The second-order valence-corrected chi connectivity index (χ2v) is 6.99. The molecule has 0 aliphatic rings. The highest BCUT2D eigenvalue weighted by molar-refractivity contribution is 5.93. The van der Waals surface area contributed by atoms with Gasteiger partial charge in [0.15, 0.2) is 0 Å². The summed E-state index contributed by atoms with van der Waals surface area (Å²) < 4.78 is 1.25. The molecule has 0 radical (unpaired) electrons. The van der Waals surface area contributed by atoms with Crippen LogP contribution in [0.25, 0.3) is 22.0 Å². The van der Waals surface area contributed by atoms with E-state index in [2.05, 4.69) is 10.4 Å². The molecule has 29 heavy (non-hydrogen) atoms. The lowest BCUT2D eigenvalue weighted by Gasteiger charge is -2.12. The Morgan fingerprint density at radius 2 is 1.55 bits per heavy atom. The highest BCUT2D eigenvalue weighted by Gasteiger charge is 2.14. The van der Waals surface area contributed by atoms with E-state index in [1.165, 1.54) is 4.68 Å². The summed E-state index contributed by atoms with van der Waals surface area (Å²) in [4.78, 5) is 25.4. The van der Waals surface area contributed by atoms with Gasteiger partial charge in [0.2, 0.25) is 5.91 Å². The van der Waals surface area contributed by atoms with Crippen LogP contribution in [0.4, 0.5) is 0 Å². The predicted molar refractivity (Wildman–Crippen MR) is 114 cm³/mol. The molecule has 5 heteroatoms. The monoisotopic (exact) mass is 383 g/mol. The summed E-state index contributed by atoms with van der Waals surface area (Å²) in [5.41, 5.74) is 3.47. The van der Waals surface area contributed by atoms with E-state index in [0.717, 1.165) is 22.1 Å². The Morgan fingerprint density at radius 3 is 2.28 bits per heavy atom. The fourth-order valence-corrected chi connectivity index (χ4v) is 3.26. The molecule has 5 nitrogen and oxygen atoms in total. The van der Waals surface area contributed by atoms with Crippen molar-refractivity contribution in [2.75, 3.05) is 0 Å². The first-order chi connectivity index (χ1) is 14.1. The second-order valence-electron chi connectivity index (χ2n) is 6.99. The number of rotatable bonds is 5. The Labute approximate surface area is 168 Å². The Kier molecular flexibility index (Phi) is 5.20. The third-order valence-electron chi connectivity index (χ3n) is 4.82. The van der Waals surface area contributed by atoms with Crippen molar-refractivity contribution in [3.05, 3.63) is 100 Å². The molecule has 0 aliphatic carbocycles. The SMILES string of the molecule is Cc1ccc(-c2nn(CC(=O)NCc3ccccc3)c(=O)c3ccccc23)cc1. The molecule has 3 aromatic carbocycles. The molecule has 0 aliphatic heterocycles. The van der Waals surface area contributed by atoms with E-state index in [0.29, 0.717) is 17.6 Å². The van der Waals surface area contributed by atoms with Crippen molar-refractivity contribution in [2.45, 2.75) is 20.0 Å². The molecule has 1 N–H and O–H groups in total. The molecule has 1 amide bonds. The first kappa shape index (κ1) is 18.6. The Hall–Kier alpha value is -3.73. The number of benzene rings is 3. The van der Waals surface area contributed by atoms with Crippen molar-refractivity contribution in [3.8, 4) is 11.3 Å². The van der Waals surface area contributed by atoms with E-state index >= 15 is 0 Å². The molecule has 0 fully saturated rings. The third-order valence-corrected chi connectivity index (χ3v) is 4.82. The van der Waals surface area contributed by atoms with Gasteiger partial charge >= 0.3 is 0 Å². The normalized spacial score (nSPS) is 10.8. The second kappa shape index (κ2) is 8.10. The van der Waals surface area contributed by atoms with E-state index in [9.17, 15) is 9.59 Å².